The van der Waals surface area contributed by atoms with Crippen molar-refractivity contribution in [1.82, 2.24) is 9.97 Å². The molecule has 0 bridgehead atoms. The Balaban J connectivity index is 2.21. The number of nitrogens with two attached hydrogens (primary N) is 1. The first-order valence-electron chi connectivity index (χ1n) is 5.16. The van der Waals surface area contributed by atoms with Crippen molar-refractivity contribution in [3.05, 3.63) is 30.5 Å². The molecule has 6 heteroatoms. The Bertz CT molecular complexity index is 484. The molecule has 0 spiro atoms. The number of hydrogen-bond donors (Lipinski definition) is 2. The van der Waals surface area contributed by atoms with Crippen LogP contribution in [0, 0.1) is 0 Å². The highest BCUT2D eigenvalue weighted by Gasteiger charge is 2.14. The van der Waals surface area contributed by atoms with E-state index in [0.29, 0.717) is 17.4 Å². The maximum Gasteiger partial charge on any atom is 0.203 e. The molecule has 0 aliphatic carbocycles. The Morgan fingerprint density at radius 1 is 1.47 bits per heavy atom. The number of nitrogens with one attached hydrogen (secondary N) is 1. The van der Waals surface area contributed by atoms with E-state index >= 15 is 0 Å². The average Bonchev–Trinajstić information content (AvgIpc) is 2.82. The number of nitrogen functional groups attached to an aromatic ring is 1. The maximum absolute atomic E-state index is 5.69. The zero-order valence-corrected chi connectivity index (χ0v) is 9.68. The van der Waals surface area contributed by atoms with Gasteiger partial charge in [-0.25, -0.2) is 9.97 Å². The summed E-state index contributed by atoms with van der Waals surface area (Å²) < 4.78 is 10.4. The van der Waals surface area contributed by atoms with Gasteiger partial charge in [0.25, 0.3) is 0 Å². The van der Waals surface area contributed by atoms with Gasteiger partial charge in [-0.15, -0.1) is 0 Å². The largest absolute Gasteiger partial charge is 0.490 e. The summed E-state index contributed by atoms with van der Waals surface area (Å²) in [5.74, 6) is 2.09. The average molecular weight is 234 g/mol. The molecule has 0 aliphatic heterocycles. The number of aromatic nitrogens is 2. The van der Waals surface area contributed by atoms with E-state index in [1.54, 1.807) is 6.26 Å². The van der Waals surface area contributed by atoms with Gasteiger partial charge in [-0.1, -0.05) is 0 Å². The lowest BCUT2D eigenvalue weighted by Crippen LogP contribution is -2.10. The van der Waals surface area contributed by atoms with Gasteiger partial charge in [0.2, 0.25) is 5.75 Å². The van der Waals surface area contributed by atoms with E-state index in [4.69, 9.17) is 14.9 Å². The van der Waals surface area contributed by atoms with Crippen LogP contribution >= 0.6 is 0 Å². The molecule has 1 unspecified atom stereocenters. The summed E-state index contributed by atoms with van der Waals surface area (Å²) in [6.07, 6.45) is 3.01. The molecule has 0 aliphatic rings. The lowest BCUT2D eigenvalue weighted by molar-refractivity contribution is 0.414. The molecule has 2 aromatic rings. The normalized spacial score (nSPS) is 12.1. The van der Waals surface area contributed by atoms with Crippen LogP contribution in [0.25, 0.3) is 0 Å². The Hall–Kier alpha value is -2.24. The monoisotopic (exact) mass is 234 g/mol. The van der Waals surface area contributed by atoms with Crippen LogP contribution in [0.2, 0.25) is 0 Å². The summed E-state index contributed by atoms with van der Waals surface area (Å²) in [5, 5.41) is 3.15. The lowest BCUT2D eigenvalue weighted by Gasteiger charge is -2.15. The molecule has 0 amide bonds. The van der Waals surface area contributed by atoms with Gasteiger partial charge < -0.3 is 20.2 Å². The second-order valence-corrected chi connectivity index (χ2v) is 3.52. The fourth-order valence-electron chi connectivity index (χ4n) is 1.51. The van der Waals surface area contributed by atoms with Gasteiger partial charge in [0, 0.05) is 0 Å². The van der Waals surface area contributed by atoms with E-state index in [9.17, 15) is 0 Å². The van der Waals surface area contributed by atoms with E-state index in [1.165, 1.54) is 13.4 Å². The highest BCUT2D eigenvalue weighted by Crippen LogP contribution is 2.29. The second kappa shape index (κ2) is 4.73. The summed E-state index contributed by atoms with van der Waals surface area (Å²) in [5.41, 5.74) is 5.69. The summed E-state index contributed by atoms with van der Waals surface area (Å²) in [6.45, 7) is 1.95. The molecule has 2 aromatic heterocycles. The second-order valence-electron chi connectivity index (χ2n) is 3.52. The standard InChI is InChI=1S/C11H14N4O2/c1-7(8-4-3-5-17-8)15-11-9(16-2)10(12)13-6-14-11/h3-7H,1-2H3,(H3,12,13,14,15). The van der Waals surface area contributed by atoms with Gasteiger partial charge in [-0.2, -0.15) is 0 Å². The SMILES string of the molecule is COc1c(N)ncnc1NC(C)c1ccco1. The number of anilines is 2. The number of methoxy groups -OCH3 is 1. The Kier molecular flexibility index (Phi) is 3.13. The van der Waals surface area contributed by atoms with Gasteiger partial charge in [0.15, 0.2) is 11.6 Å². The van der Waals surface area contributed by atoms with Gasteiger partial charge >= 0.3 is 0 Å². The first kappa shape index (κ1) is 11.3. The molecule has 17 heavy (non-hydrogen) atoms. The van der Waals surface area contributed by atoms with E-state index in [-0.39, 0.29) is 6.04 Å². The summed E-state index contributed by atoms with van der Waals surface area (Å²) in [6, 6.07) is 3.68. The van der Waals surface area contributed by atoms with Gasteiger partial charge in [-0.05, 0) is 19.1 Å². The Morgan fingerprint density at radius 2 is 2.29 bits per heavy atom. The third-order valence-corrected chi connectivity index (χ3v) is 2.36. The van der Waals surface area contributed by atoms with Crippen LogP contribution in [0.4, 0.5) is 11.6 Å². The number of rotatable bonds is 4. The van der Waals surface area contributed by atoms with Crippen LogP contribution in [-0.4, -0.2) is 17.1 Å². The van der Waals surface area contributed by atoms with Gasteiger partial charge in [-0.3, -0.25) is 0 Å². The zero-order valence-electron chi connectivity index (χ0n) is 9.68. The van der Waals surface area contributed by atoms with Crippen molar-refractivity contribution in [2.45, 2.75) is 13.0 Å². The van der Waals surface area contributed by atoms with Crippen LogP contribution in [0.1, 0.15) is 18.7 Å². The van der Waals surface area contributed by atoms with Crippen LogP contribution < -0.4 is 15.8 Å². The van der Waals surface area contributed by atoms with Gasteiger partial charge in [0.1, 0.15) is 12.1 Å². The maximum atomic E-state index is 5.69. The molecule has 0 radical (unpaired) electrons. The third-order valence-electron chi connectivity index (χ3n) is 2.36. The smallest absolute Gasteiger partial charge is 0.203 e. The fraction of sp³-hybridized carbons (Fsp3) is 0.273. The van der Waals surface area contributed by atoms with Crippen molar-refractivity contribution in [3.8, 4) is 5.75 Å². The molecule has 0 saturated carbocycles. The van der Waals surface area contributed by atoms with Crippen molar-refractivity contribution < 1.29 is 9.15 Å². The van der Waals surface area contributed by atoms with Gasteiger partial charge in [0.05, 0.1) is 19.4 Å². The molecule has 0 saturated heterocycles. The number of ether oxygens (including phenoxy) is 1. The van der Waals surface area contributed by atoms with Crippen molar-refractivity contribution >= 4 is 11.6 Å². The number of furan rings is 1. The summed E-state index contributed by atoms with van der Waals surface area (Å²) >= 11 is 0. The summed E-state index contributed by atoms with van der Waals surface area (Å²) in [4.78, 5) is 7.95. The molecule has 2 heterocycles. The lowest BCUT2D eigenvalue weighted by atomic mass is 10.2. The highest BCUT2D eigenvalue weighted by molar-refractivity contribution is 5.61. The topological polar surface area (TPSA) is 86.2 Å². The molecule has 2 rings (SSSR count). The third kappa shape index (κ3) is 2.30. The predicted octanol–water partition coefficient (Wildman–Crippen LogP) is 1.83. The zero-order chi connectivity index (χ0) is 12.3. The van der Waals surface area contributed by atoms with E-state index < -0.39 is 0 Å². The molecule has 0 aromatic carbocycles. The van der Waals surface area contributed by atoms with Crippen LogP contribution in [0.3, 0.4) is 0 Å². The van der Waals surface area contributed by atoms with E-state index in [1.807, 2.05) is 19.1 Å². The van der Waals surface area contributed by atoms with Crippen molar-refractivity contribution in [1.29, 1.82) is 0 Å². The van der Waals surface area contributed by atoms with Crippen LogP contribution in [0.15, 0.2) is 29.1 Å². The Morgan fingerprint density at radius 3 is 2.94 bits per heavy atom. The molecule has 90 valence electrons. The molecule has 0 fully saturated rings. The van der Waals surface area contributed by atoms with Crippen molar-refractivity contribution in [3.63, 3.8) is 0 Å². The minimum atomic E-state index is -0.0341. The minimum Gasteiger partial charge on any atom is -0.490 e. The molecule has 1 atom stereocenters. The number of hydrogen-bond acceptors (Lipinski definition) is 6. The first-order valence-corrected chi connectivity index (χ1v) is 5.16. The van der Waals surface area contributed by atoms with Crippen molar-refractivity contribution in [2.24, 2.45) is 0 Å². The van der Waals surface area contributed by atoms with Crippen LogP contribution in [0.5, 0.6) is 5.75 Å². The highest BCUT2D eigenvalue weighted by atomic mass is 16.5. The minimum absolute atomic E-state index is 0.0341. The fourth-order valence-corrected chi connectivity index (χ4v) is 1.51. The molecule has 3 N–H and O–H groups in total. The first-order chi connectivity index (χ1) is 8.22. The quantitative estimate of drug-likeness (QED) is 0.839. The molecular formula is C11H14N4O2. The van der Waals surface area contributed by atoms with Crippen molar-refractivity contribution in [2.75, 3.05) is 18.2 Å². The predicted molar refractivity (Wildman–Crippen MR) is 63.7 cm³/mol. The summed E-state index contributed by atoms with van der Waals surface area (Å²) in [7, 11) is 1.53. The Labute approximate surface area is 98.8 Å². The van der Waals surface area contributed by atoms with Crippen LogP contribution in [-0.2, 0) is 0 Å². The number of nitrogens with zero attached hydrogens (tertiary/aromatic N) is 2. The van der Waals surface area contributed by atoms with E-state index in [0.717, 1.165) is 5.76 Å². The molecular weight excluding hydrogens is 220 g/mol. The van der Waals surface area contributed by atoms with E-state index in [2.05, 4.69) is 15.3 Å². The molecule has 6 nitrogen and oxygen atoms in total.